The van der Waals surface area contributed by atoms with Gasteiger partial charge in [0.25, 0.3) is 11.8 Å². The van der Waals surface area contributed by atoms with Crippen LogP contribution in [0.5, 0.6) is 0 Å². The molecule has 6 heteroatoms. The van der Waals surface area contributed by atoms with Crippen molar-refractivity contribution in [2.45, 2.75) is 87.4 Å². The van der Waals surface area contributed by atoms with Crippen LogP contribution >= 0.6 is 0 Å². The molecule has 2 aromatic carbocycles. The second kappa shape index (κ2) is 12.0. The first-order chi connectivity index (χ1) is 21.6. The molecule has 6 nitrogen and oxygen atoms in total. The summed E-state index contributed by atoms with van der Waals surface area (Å²) in [7, 11) is 0. The lowest BCUT2D eigenvalue weighted by atomic mass is 9.71. The second-order valence-electron chi connectivity index (χ2n) is 12.8. The van der Waals surface area contributed by atoms with Crippen molar-refractivity contribution >= 4 is 11.8 Å². The number of rotatable bonds is 4. The molecular weight excluding hydrogens is 544 g/mol. The summed E-state index contributed by atoms with van der Waals surface area (Å²) in [6.45, 7) is 0. The lowest BCUT2D eigenvalue weighted by Crippen LogP contribution is -2.64. The predicted octanol–water partition coefficient (Wildman–Crippen LogP) is 7.53. The minimum atomic E-state index is -0.114. The molecule has 8 rings (SSSR count). The van der Waals surface area contributed by atoms with E-state index in [-0.39, 0.29) is 22.9 Å². The highest BCUT2D eigenvalue weighted by Crippen LogP contribution is 2.54. The smallest absolute Gasteiger partial charge is 0.273 e. The molecule has 0 spiro atoms. The van der Waals surface area contributed by atoms with E-state index in [1.54, 1.807) is 12.4 Å². The van der Waals surface area contributed by atoms with E-state index in [0.717, 1.165) is 38.5 Å². The Hall–Kier alpha value is -4.32. The molecule has 6 heterocycles. The summed E-state index contributed by atoms with van der Waals surface area (Å²) in [6, 6.07) is 32.9. The van der Waals surface area contributed by atoms with E-state index < -0.39 is 0 Å². The molecular formula is C38H40N4O2. The van der Waals surface area contributed by atoms with E-state index in [4.69, 9.17) is 0 Å². The minimum absolute atomic E-state index is 0.0857. The summed E-state index contributed by atoms with van der Waals surface area (Å²) in [5.41, 5.74) is 3.45. The third-order valence-corrected chi connectivity index (χ3v) is 10.4. The first-order valence-electron chi connectivity index (χ1n) is 16.2. The summed E-state index contributed by atoms with van der Waals surface area (Å²) >= 11 is 0. The van der Waals surface area contributed by atoms with E-state index in [9.17, 15) is 9.59 Å². The van der Waals surface area contributed by atoms with Gasteiger partial charge in [0.15, 0.2) is 0 Å². The monoisotopic (exact) mass is 584 g/mol. The van der Waals surface area contributed by atoms with Crippen LogP contribution in [-0.4, -0.2) is 43.7 Å². The van der Waals surface area contributed by atoms with Crippen LogP contribution in [0.1, 0.15) is 96.3 Å². The number of benzene rings is 2. The normalized spacial score (nSPS) is 26.9. The Bertz CT molecular complexity index is 1450. The summed E-state index contributed by atoms with van der Waals surface area (Å²) in [5.74, 6) is 0.171. The van der Waals surface area contributed by atoms with Crippen LogP contribution in [0.15, 0.2) is 109 Å². The minimum Gasteiger partial charge on any atom is -0.324 e. The molecule has 4 aliphatic heterocycles. The largest absolute Gasteiger partial charge is 0.324 e. The number of aromatic nitrogens is 2. The van der Waals surface area contributed by atoms with E-state index in [2.05, 4.69) is 68.3 Å². The van der Waals surface area contributed by atoms with Crippen molar-refractivity contribution < 1.29 is 9.59 Å². The number of nitrogens with zero attached hydrogens (tertiary/aromatic N) is 4. The Balaban J connectivity index is 0.000000142. The fourth-order valence-corrected chi connectivity index (χ4v) is 8.38. The maximum atomic E-state index is 13.0. The quantitative estimate of drug-likeness (QED) is 0.249. The molecule has 0 N–H and O–H groups in total. The third-order valence-electron chi connectivity index (χ3n) is 10.4. The van der Waals surface area contributed by atoms with Gasteiger partial charge in [-0.15, -0.1) is 0 Å². The van der Waals surface area contributed by atoms with Gasteiger partial charge in [-0.2, -0.15) is 0 Å². The van der Waals surface area contributed by atoms with Crippen LogP contribution in [-0.2, 0) is 11.1 Å². The first-order valence-corrected chi connectivity index (χ1v) is 16.2. The van der Waals surface area contributed by atoms with Gasteiger partial charge >= 0.3 is 0 Å². The highest BCUT2D eigenvalue weighted by atomic mass is 16.2. The highest BCUT2D eigenvalue weighted by Gasteiger charge is 2.57. The van der Waals surface area contributed by atoms with Crippen LogP contribution in [0.3, 0.4) is 0 Å². The molecule has 0 aliphatic carbocycles. The Morgan fingerprint density at radius 2 is 0.955 bits per heavy atom. The van der Waals surface area contributed by atoms with Gasteiger partial charge in [-0.3, -0.25) is 19.6 Å². The SMILES string of the molecule is O=C(c1ccccn1)N1[C@@H]2CCCC[C@@]1(c1ccccc1)C2.O=C(c1ccccn1)N1[C@H]2CCCC[C@]1(c1ccccc1)C2. The molecule has 4 fully saturated rings. The Kier molecular flexibility index (Phi) is 7.75. The molecule has 4 aromatic rings. The van der Waals surface area contributed by atoms with Crippen molar-refractivity contribution in [1.82, 2.24) is 19.8 Å². The predicted molar refractivity (Wildman–Crippen MR) is 171 cm³/mol. The number of hydrogen-bond donors (Lipinski definition) is 0. The van der Waals surface area contributed by atoms with E-state index in [0.29, 0.717) is 23.5 Å². The molecule has 2 amide bonds. The first kappa shape index (κ1) is 28.5. The summed E-state index contributed by atoms with van der Waals surface area (Å²) in [6.07, 6.45) is 14.8. The van der Waals surface area contributed by atoms with Gasteiger partial charge in [0, 0.05) is 24.5 Å². The zero-order valence-corrected chi connectivity index (χ0v) is 25.2. The zero-order chi connectivity index (χ0) is 30.0. The van der Waals surface area contributed by atoms with Gasteiger partial charge < -0.3 is 9.80 Å². The number of hydrogen-bond acceptors (Lipinski definition) is 4. The van der Waals surface area contributed by atoms with Crippen molar-refractivity contribution in [1.29, 1.82) is 0 Å². The Labute approximate surface area is 260 Å². The number of carbonyl (C=O) groups is 2. The van der Waals surface area contributed by atoms with Gasteiger partial charge in [0.2, 0.25) is 0 Å². The van der Waals surface area contributed by atoms with Gasteiger partial charge in [0.05, 0.1) is 11.1 Å². The fourth-order valence-electron chi connectivity index (χ4n) is 8.38. The van der Waals surface area contributed by atoms with Gasteiger partial charge in [-0.05, 0) is 73.9 Å². The lowest BCUT2D eigenvalue weighted by Gasteiger charge is -2.57. The van der Waals surface area contributed by atoms with Crippen LogP contribution in [0.2, 0.25) is 0 Å². The second-order valence-corrected chi connectivity index (χ2v) is 12.8. The van der Waals surface area contributed by atoms with Crippen molar-refractivity contribution in [3.05, 3.63) is 132 Å². The maximum Gasteiger partial charge on any atom is 0.273 e. The molecule has 4 atom stereocenters. The van der Waals surface area contributed by atoms with E-state index >= 15 is 0 Å². The average Bonchev–Trinajstić information content (AvgIpc) is 3.59. The van der Waals surface area contributed by atoms with Crippen LogP contribution < -0.4 is 0 Å². The van der Waals surface area contributed by atoms with Crippen molar-refractivity contribution in [3.8, 4) is 0 Å². The Morgan fingerprint density at radius 1 is 0.545 bits per heavy atom. The number of carbonyl (C=O) groups excluding carboxylic acids is 2. The summed E-state index contributed by atoms with van der Waals surface area (Å²) in [4.78, 5) is 38.9. The molecule has 224 valence electrons. The average molecular weight is 585 g/mol. The highest BCUT2D eigenvalue weighted by molar-refractivity contribution is 5.94. The molecule has 4 bridgehead atoms. The number of amides is 2. The summed E-state index contributed by atoms with van der Waals surface area (Å²) in [5, 5.41) is 0. The topological polar surface area (TPSA) is 66.4 Å². The van der Waals surface area contributed by atoms with Crippen molar-refractivity contribution in [2.75, 3.05) is 0 Å². The molecule has 0 saturated carbocycles. The molecule has 0 radical (unpaired) electrons. The van der Waals surface area contributed by atoms with E-state index in [1.165, 1.54) is 36.8 Å². The Morgan fingerprint density at radius 3 is 1.34 bits per heavy atom. The fraction of sp³-hybridized carbons (Fsp3) is 0.368. The molecule has 0 unspecified atom stereocenters. The van der Waals surface area contributed by atoms with Crippen LogP contribution in [0, 0.1) is 0 Å². The van der Waals surface area contributed by atoms with Crippen LogP contribution in [0.4, 0.5) is 0 Å². The van der Waals surface area contributed by atoms with Crippen LogP contribution in [0.25, 0.3) is 0 Å². The number of pyridine rings is 2. The van der Waals surface area contributed by atoms with Gasteiger partial charge in [-0.1, -0.05) is 98.5 Å². The molecule has 4 aliphatic rings. The van der Waals surface area contributed by atoms with Gasteiger partial charge in [0.1, 0.15) is 11.4 Å². The molecule has 4 saturated heterocycles. The zero-order valence-electron chi connectivity index (χ0n) is 25.2. The molecule has 2 aromatic heterocycles. The van der Waals surface area contributed by atoms with Gasteiger partial charge in [-0.25, -0.2) is 0 Å². The lowest BCUT2D eigenvalue weighted by molar-refractivity contribution is -0.0501. The standard InChI is InChI=1S/2C19H20N2O/c2*22-18(17-11-5-7-13-20-17)21-16-10-4-6-12-19(21,14-16)15-8-2-1-3-9-15/h2*1-3,5,7-9,11,13,16H,4,6,10,12,14H2/t2*16-,19+/m10/s1. The molecule has 44 heavy (non-hydrogen) atoms. The third kappa shape index (κ3) is 4.90. The number of fused-ring (bicyclic) bond motifs is 4. The van der Waals surface area contributed by atoms with Crippen molar-refractivity contribution in [3.63, 3.8) is 0 Å². The summed E-state index contributed by atoms with van der Waals surface area (Å²) < 4.78 is 0. The van der Waals surface area contributed by atoms with E-state index in [1.807, 2.05) is 48.5 Å². The maximum absolute atomic E-state index is 13.0. The van der Waals surface area contributed by atoms with Crippen molar-refractivity contribution in [2.24, 2.45) is 0 Å².